The Labute approximate surface area is 137 Å². The molecule has 1 unspecified atom stereocenters. The Hall–Kier alpha value is -2.01. The predicted octanol–water partition coefficient (Wildman–Crippen LogP) is 2.06. The third-order valence-corrected chi connectivity index (χ3v) is 4.80. The van der Waals surface area contributed by atoms with E-state index in [1.807, 2.05) is 29.2 Å². The molecule has 2 aliphatic heterocycles. The molecule has 1 aromatic rings. The van der Waals surface area contributed by atoms with Crippen LogP contribution < -0.4 is 15.2 Å². The van der Waals surface area contributed by atoms with Crippen molar-refractivity contribution in [1.82, 2.24) is 4.90 Å². The topological polar surface area (TPSA) is 64.8 Å². The molecule has 0 radical (unpaired) electrons. The molecule has 3 rings (SSSR count). The van der Waals surface area contributed by atoms with E-state index < -0.39 is 0 Å². The van der Waals surface area contributed by atoms with Gasteiger partial charge in [0.15, 0.2) is 0 Å². The smallest absolute Gasteiger partial charge is 0.253 e. The number of fused-ring (bicyclic) bond motifs is 1. The number of hydrogen-bond acceptors (Lipinski definition) is 4. The summed E-state index contributed by atoms with van der Waals surface area (Å²) >= 11 is 0. The maximum absolute atomic E-state index is 12.8. The first kappa shape index (κ1) is 15.9. The lowest BCUT2D eigenvalue weighted by Crippen LogP contribution is -2.54. The number of rotatable bonds is 2. The standard InChI is InChI=1S/C18H24N2O3/c1-18(2)11-20(7-6-16(18)19)17(21)13-8-12-9-14(22-3)4-5-15(12)23-10-13/h4-5,8-9,16H,6-7,10-11,19H2,1-3H3. The lowest BCUT2D eigenvalue weighted by atomic mass is 9.79. The highest BCUT2D eigenvalue weighted by Gasteiger charge is 2.36. The van der Waals surface area contributed by atoms with Crippen molar-refractivity contribution >= 4 is 12.0 Å². The third kappa shape index (κ3) is 3.06. The van der Waals surface area contributed by atoms with Crippen LogP contribution in [0, 0.1) is 5.41 Å². The minimum absolute atomic E-state index is 0.0402. The number of likely N-dealkylation sites (tertiary alicyclic amines) is 1. The van der Waals surface area contributed by atoms with Crippen molar-refractivity contribution in [2.24, 2.45) is 11.1 Å². The molecular weight excluding hydrogens is 292 g/mol. The van der Waals surface area contributed by atoms with Crippen molar-refractivity contribution in [3.8, 4) is 11.5 Å². The zero-order valence-corrected chi connectivity index (χ0v) is 14.0. The second kappa shape index (κ2) is 5.89. The number of carbonyl (C=O) groups excluding carboxylic acids is 1. The Kier molecular flexibility index (Phi) is 4.06. The van der Waals surface area contributed by atoms with Crippen LogP contribution in [-0.4, -0.2) is 43.7 Å². The summed E-state index contributed by atoms with van der Waals surface area (Å²) in [5.74, 6) is 1.57. The van der Waals surface area contributed by atoms with Crippen LogP contribution in [-0.2, 0) is 4.79 Å². The molecule has 1 fully saturated rings. The highest BCUT2D eigenvalue weighted by molar-refractivity contribution is 5.99. The van der Waals surface area contributed by atoms with Gasteiger partial charge < -0.3 is 20.1 Å². The van der Waals surface area contributed by atoms with Crippen LogP contribution in [0.4, 0.5) is 0 Å². The maximum Gasteiger partial charge on any atom is 0.253 e. The van der Waals surface area contributed by atoms with Crippen LogP contribution in [0.2, 0.25) is 0 Å². The summed E-state index contributed by atoms with van der Waals surface area (Å²) in [5.41, 5.74) is 7.65. The first-order valence-electron chi connectivity index (χ1n) is 7.97. The van der Waals surface area contributed by atoms with E-state index in [0.29, 0.717) is 25.3 Å². The van der Waals surface area contributed by atoms with Crippen LogP contribution in [0.5, 0.6) is 11.5 Å². The fraction of sp³-hybridized carbons (Fsp3) is 0.500. The summed E-state index contributed by atoms with van der Waals surface area (Å²) in [5, 5.41) is 0. The van der Waals surface area contributed by atoms with Gasteiger partial charge in [-0.25, -0.2) is 0 Å². The van der Waals surface area contributed by atoms with E-state index in [-0.39, 0.29) is 17.4 Å². The zero-order valence-electron chi connectivity index (χ0n) is 14.0. The van der Waals surface area contributed by atoms with Gasteiger partial charge in [0.25, 0.3) is 5.91 Å². The fourth-order valence-corrected chi connectivity index (χ4v) is 3.16. The Balaban J connectivity index is 1.81. The van der Waals surface area contributed by atoms with Crippen molar-refractivity contribution in [2.75, 3.05) is 26.8 Å². The molecule has 1 saturated heterocycles. The lowest BCUT2D eigenvalue weighted by Gasteiger charge is -2.43. The van der Waals surface area contributed by atoms with E-state index in [9.17, 15) is 4.79 Å². The number of nitrogens with zero attached hydrogens (tertiary/aromatic N) is 1. The van der Waals surface area contributed by atoms with E-state index in [4.69, 9.17) is 15.2 Å². The fourth-order valence-electron chi connectivity index (χ4n) is 3.16. The summed E-state index contributed by atoms with van der Waals surface area (Å²) in [6.07, 6.45) is 2.74. The molecule has 0 aromatic heterocycles. The van der Waals surface area contributed by atoms with Crippen molar-refractivity contribution in [3.63, 3.8) is 0 Å². The largest absolute Gasteiger partial charge is 0.497 e. The molecule has 1 amide bonds. The first-order valence-corrected chi connectivity index (χ1v) is 7.97. The Morgan fingerprint density at radius 2 is 2.22 bits per heavy atom. The summed E-state index contributed by atoms with van der Waals surface area (Å²) < 4.78 is 11.0. The quantitative estimate of drug-likeness (QED) is 0.907. The molecule has 1 atom stereocenters. The molecular formula is C18H24N2O3. The van der Waals surface area contributed by atoms with Crippen molar-refractivity contribution in [3.05, 3.63) is 29.3 Å². The van der Waals surface area contributed by atoms with Gasteiger partial charge in [0.2, 0.25) is 0 Å². The van der Waals surface area contributed by atoms with Crippen LogP contribution >= 0.6 is 0 Å². The van der Waals surface area contributed by atoms with Crippen molar-refractivity contribution < 1.29 is 14.3 Å². The number of hydrogen-bond donors (Lipinski definition) is 1. The molecule has 0 bridgehead atoms. The van der Waals surface area contributed by atoms with Gasteiger partial charge in [-0.3, -0.25) is 4.79 Å². The van der Waals surface area contributed by atoms with Crippen LogP contribution in [0.1, 0.15) is 25.8 Å². The van der Waals surface area contributed by atoms with E-state index in [0.717, 1.165) is 23.5 Å². The van der Waals surface area contributed by atoms with Crippen molar-refractivity contribution in [1.29, 1.82) is 0 Å². The molecule has 2 heterocycles. The van der Waals surface area contributed by atoms with Gasteiger partial charge in [-0.05, 0) is 36.1 Å². The van der Waals surface area contributed by atoms with Crippen LogP contribution in [0.15, 0.2) is 23.8 Å². The first-order chi connectivity index (χ1) is 10.9. The number of piperidine rings is 1. The van der Waals surface area contributed by atoms with Gasteiger partial charge in [-0.2, -0.15) is 0 Å². The van der Waals surface area contributed by atoms with E-state index >= 15 is 0 Å². The Morgan fingerprint density at radius 3 is 2.91 bits per heavy atom. The minimum Gasteiger partial charge on any atom is -0.497 e. The predicted molar refractivity (Wildman–Crippen MR) is 89.4 cm³/mol. The molecule has 0 aliphatic carbocycles. The second-order valence-corrected chi connectivity index (χ2v) is 6.97. The molecule has 0 saturated carbocycles. The molecule has 124 valence electrons. The van der Waals surface area contributed by atoms with Gasteiger partial charge in [0, 0.05) is 24.7 Å². The number of ether oxygens (including phenoxy) is 2. The third-order valence-electron chi connectivity index (χ3n) is 4.80. The van der Waals surface area contributed by atoms with Gasteiger partial charge in [0.05, 0.1) is 12.7 Å². The van der Waals surface area contributed by atoms with E-state index in [1.54, 1.807) is 7.11 Å². The zero-order chi connectivity index (χ0) is 16.6. The summed E-state index contributed by atoms with van der Waals surface area (Å²) in [7, 11) is 1.63. The molecule has 2 N–H and O–H groups in total. The number of methoxy groups -OCH3 is 1. The van der Waals surface area contributed by atoms with E-state index in [1.165, 1.54) is 0 Å². The molecule has 0 spiro atoms. The van der Waals surface area contributed by atoms with Crippen LogP contribution in [0.3, 0.4) is 0 Å². The summed E-state index contributed by atoms with van der Waals surface area (Å²) in [4.78, 5) is 14.7. The minimum atomic E-state index is -0.0644. The SMILES string of the molecule is COc1ccc2c(c1)C=C(C(=O)N1CCC(N)C(C)(C)C1)CO2. The highest BCUT2D eigenvalue weighted by atomic mass is 16.5. The van der Waals surface area contributed by atoms with Crippen molar-refractivity contribution in [2.45, 2.75) is 26.3 Å². The van der Waals surface area contributed by atoms with Crippen LogP contribution in [0.25, 0.3) is 6.08 Å². The lowest BCUT2D eigenvalue weighted by molar-refractivity contribution is -0.130. The molecule has 5 heteroatoms. The number of carbonyl (C=O) groups is 1. The summed E-state index contributed by atoms with van der Waals surface area (Å²) in [6, 6.07) is 5.74. The highest BCUT2D eigenvalue weighted by Crippen LogP contribution is 2.32. The Morgan fingerprint density at radius 1 is 1.43 bits per heavy atom. The average Bonchev–Trinajstić information content (AvgIpc) is 2.55. The van der Waals surface area contributed by atoms with Gasteiger partial charge >= 0.3 is 0 Å². The van der Waals surface area contributed by atoms with Gasteiger partial charge in [-0.1, -0.05) is 13.8 Å². The summed E-state index contributed by atoms with van der Waals surface area (Å²) in [6.45, 7) is 5.91. The van der Waals surface area contributed by atoms with Gasteiger partial charge in [-0.15, -0.1) is 0 Å². The average molecular weight is 316 g/mol. The monoisotopic (exact) mass is 316 g/mol. The molecule has 5 nitrogen and oxygen atoms in total. The number of benzene rings is 1. The maximum atomic E-state index is 12.8. The number of nitrogens with two attached hydrogens (primary N) is 1. The normalized spacial score (nSPS) is 22.7. The molecule has 1 aromatic carbocycles. The number of amides is 1. The second-order valence-electron chi connectivity index (χ2n) is 6.97. The molecule has 2 aliphatic rings. The van der Waals surface area contributed by atoms with E-state index in [2.05, 4.69) is 13.8 Å². The Bertz CT molecular complexity index is 652. The van der Waals surface area contributed by atoms with Gasteiger partial charge in [0.1, 0.15) is 18.1 Å². The molecule has 23 heavy (non-hydrogen) atoms.